The summed E-state index contributed by atoms with van der Waals surface area (Å²) in [7, 11) is 3.33. The molecule has 0 spiro atoms. The topological polar surface area (TPSA) is 36.9 Å². The predicted molar refractivity (Wildman–Crippen MR) is 141 cm³/mol. The normalized spacial score (nSPS) is 16.7. The molecule has 0 bridgehead atoms. The molecular weight excluding hydrogens is 504 g/mol. The average molecular weight is 531 g/mol. The maximum Gasteiger partial charge on any atom is 0.162 e. The van der Waals surface area contributed by atoms with Crippen molar-refractivity contribution in [3.8, 4) is 23.0 Å². The summed E-state index contributed by atoms with van der Waals surface area (Å²) in [6.45, 7) is 0.465. The molecule has 1 aliphatic heterocycles. The monoisotopic (exact) mass is 530 g/mol. The SMILES string of the molecule is COc1cc2c(cc1Br)[C@H](c1ccccc1)C[C@H](c1ccc(OC)c(OCc3ccccc3)c1)O2. The summed E-state index contributed by atoms with van der Waals surface area (Å²) in [6.07, 6.45) is 0.656. The third kappa shape index (κ3) is 5.01. The molecule has 0 unspecified atom stereocenters. The fourth-order valence-electron chi connectivity index (χ4n) is 4.57. The van der Waals surface area contributed by atoms with Crippen molar-refractivity contribution >= 4 is 15.9 Å². The van der Waals surface area contributed by atoms with Gasteiger partial charge in [0.2, 0.25) is 0 Å². The van der Waals surface area contributed by atoms with Crippen molar-refractivity contribution in [2.24, 2.45) is 0 Å². The molecule has 0 saturated carbocycles. The zero-order valence-corrected chi connectivity index (χ0v) is 21.3. The quantitative estimate of drug-likeness (QED) is 0.245. The largest absolute Gasteiger partial charge is 0.495 e. The van der Waals surface area contributed by atoms with Crippen LogP contribution in [-0.2, 0) is 6.61 Å². The molecule has 0 saturated heterocycles. The molecule has 4 nitrogen and oxygen atoms in total. The fraction of sp³-hybridized carbons (Fsp3) is 0.200. The van der Waals surface area contributed by atoms with Crippen LogP contribution in [0.4, 0.5) is 0 Å². The molecule has 0 N–H and O–H groups in total. The summed E-state index contributed by atoms with van der Waals surface area (Å²) in [5.74, 6) is 3.16. The van der Waals surface area contributed by atoms with Gasteiger partial charge in [-0.1, -0.05) is 66.7 Å². The third-order valence-corrected chi connectivity index (χ3v) is 7.00. The summed E-state index contributed by atoms with van der Waals surface area (Å²) in [4.78, 5) is 0. The highest BCUT2D eigenvalue weighted by molar-refractivity contribution is 9.10. The van der Waals surface area contributed by atoms with Gasteiger partial charge in [-0.2, -0.15) is 0 Å². The summed E-state index contributed by atoms with van der Waals surface area (Å²) in [5.41, 5.74) is 4.55. The summed E-state index contributed by atoms with van der Waals surface area (Å²) >= 11 is 3.65. The number of methoxy groups -OCH3 is 2. The van der Waals surface area contributed by atoms with Crippen molar-refractivity contribution in [2.75, 3.05) is 14.2 Å². The lowest BCUT2D eigenvalue weighted by molar-refractivity contribution is 0.166. The van der Waals surface area contributed by atoms with E-state index in [1.807, 2.05) is 54.6 Å². The zero-order chi connectivity index (χ0) is 24.2. The van der Waals surface area contributed by atoms with Crippen LogP contribution in [-0.4, -0.2) is 14.2 Å². The second-order valence-corrected chi connectivity index (χ2v) is 9.37. The third-order valence-electron chi connectivity index (χ3n) is 6.38. The first-order valence-corrected chi connectivity index (χ1v) is 12.4. The molecule has 1 aliphatic rings. The molecule has 178 valence electrons. The molecule has 0 radical (unpaired) electrons. The molecule has 5 rings (SSSR count). The first-order valence-electron chi connectivity index (χ1n) is 11.6. The number of fused-ring (bicyclic) bond motifs is 1. The second kappa shape index (κ2) is 10.4. The van der Waals surface area contributed by atoms with Crippen molar-refractivity contribution in [1.82, 2.24) is 0 Å². The Morgan fingerprint density at radius 3 is 2.20 bits per heavy atom. The van der Waals surface area contributed by atoms with E-state index in [0.29, 0.717) is 18.1 Å². The van der Waals surface area contributed by atoms with Crippen LogP contribution < -0.4 is 18.9 Å². The van der Waals surface area contributed by atoms with Gasteiger partial charge in [0.25, 0.3) is 0 Å². The van der Waals surface area contributed by atoms with Crippen LogP contribution in [0.1, 0.15) is 40.7 Å². The van der Waals surface area contributed by atoms with Gasteiger partial charge in [0.15, 0.2) is 11.5 Å². The molecule has 0 fully saturated rings. The smallest absolute Gasteiger partial charge is 0.162 e. The Bertz CT molecular complexity index is 1290. The highest BCUT2D eigenvalue weighted by atomic mass is 79.9. The lowest BCUT2D eigenvalue weighted by Crippen LogP contribution is -2.20. The Labute approximate surface area is 214 Å². The lowest BCUT2D eigenvalue weighted by Gasteiger charge is -2.33. The van der Waals surface area contributed by atoms with Crippen LogP contribution >= 0.6 is 15.9 Å². The van der Waals surface area contributed by atoms with Gasteiger partial charge in [-0.25, -0.2) is 0 Å². The first kappa shape index (κ1) is 23.3. The molecule has 4 aromatic carbocycles. The molecule has 5 heteroatoms. The number of hydrogen-bond acceptors (Lipinski definition) is 4. The van der Waals surface area contributed by atoms with Gasteiger partial charge in [0.05, 0.1) is 18.7 Å². The van der Waals surface area contributed by atoms with E-state index in [1.54, 1.807) is 14.2 Å². The fourth-order valence-corrected chi connectivity index (χ4v) is 5.09. The molecular formula is C30H27BrO4. The van der Waals surface area contributed by atoms with Crippen molar-refractivity contribution in [3.05, 3.63) is 118 Å². The Morgan fingerprint density at radius 2 is 1.49 bits per heavy atom. The molecule has 35 heavy (non-hydrogen) atoms. The van der Waals surface area contributed by atoms with Crippen LogP contribution in [0, 0.1) is 0 Å². The molecule has 0 amide bonds. The van der Waals surface area contributed by atoms with Crippen molar-refractivity contribution in [2.45, 2.75) is 25.0 Å². The first-order chi connectivity index (χ1) is 17.2. The van der Waals surface area contributed by atoms with Crippen molar-refractivity contribution < 1.29 is 18.9 Å². The van der Waals surface area contributed by atoms with Gasteiger partial charge < -0.3 is 18.9 Å². The van der Waals surface area contributed by atoms with Gasteiger partial charge in [-0.15, -0.1) is 0 Å². The van der Waals surface area contributed by atoms with E-state index in [1.165, 1.54) is 5.56 Å². The number of rotatable bonds is 7. The van der Waals surface area contributed by atoms with E-state index in [2.05, 4.69) is 52.3 Å². The van der Waals surface area contributed by atoms with E-state index in [-0.39, 0.29) is 12.0 Å². The molecule has 0 aliphatic carbocycles. The standard InChI is InChI=1S/C30H27BrO4/c1-32-26-14-13-22(15-30(26)34-19-20-9-5-3-6-10-20)27-17-23(21-11-7-4-8-12-21)24-16-25(31)29(33-2)18-28(24)35-27/h3-16,18,23,27H,17,19H2,1-2H3/t23-,27+/m0/s1. The molecule has 1 heterocycles. The van der Waals surface area contributed by atoms with E-state index in [4.69, 9.17) is 18.9 Å². The minimum Gasteiger partial charge on any atom is -0.495 e. The minimum absolute atomic E-state index is 0.149. The van der Waals surface area contributed by atoms with Crippen LogP contribution in [0.3, 0.4) is 0 Å². The number of hydrogen-bond donors (Lipinski definition) is 0. The van der Waals surface area contributed by atoms with Gasteiger partial charge in [-0.3, -0.25) is 0 Å². The Balaban J connectivity index is 1.49. The van der Waals surface area contributed by atoms with E-state index in [9.17, 15) is 0 Å². The summed E-state index contributed by atoms with van der Waals surface area (Å²) in [5, 5.41) is 0. The molecule has 0 aromatic heterocycles. The highest BCUT2D eigenvalue weighted by Crippen LogP contribution is 2.49. The lowest BCUT2D eigenvalue weighted by atomic mass is 9.82. The maximum atomic E-state index is 6.56. The molecule has 2 atom stereocenters. The highest BCUT2D eigenvalue weighted by Gasteiger charge is 2.32. The van der Waals surface area contributed by atoms with Gasteiger partial charge in [0, 0.05) is 17.5 Å². The Hall–Kier alpha value is -3.44. The summed E-state index contributed by atoms with van der Waals surface area (Å²) in [6, 6.07) is 30.8. The van der Waals surface area contributed by atoms with Gasteiger partial charge >= 0.3 is 0 Å². The summed E-state index contributed by atoms with van der Waals surface area (Å²) < 4.78 is 24.8. The van der Waals surface area contributed by atoms with E-state index in [0.717, 1.165) is 39.1 Å². The maximum absolute atomic E-state index is 6.56. The van der Waals surface area contributed by atoms with E-state index < -0.39 is 0 Å². The van der Waals surface area contributed by atoms with Crippen molar-refractivity contribution in [3.63, 3.8) is 0 Å². The van der Waals surface area contributed by atoms with Gasteiger partial charge in [-0.05, 0) is 57.2 Å². The average Bonchev–Trinajstić information content (AvgIpc) is 2.92. The van der Waals surface area contributed by atoms with Crippen LogP contribution in [0.25, 0.3) is 0 Å². The predicted octanol–water partition coefficient (Wildman–Crippen LogP) is 7.70. The Kier molecular flexibility index (Phi) is 6.96. The zero-order valence-electron chi connectivity index (χ0n) is 19.7. The molecule has 4 aromatic rings. The van der Waals surface area contributed by atoms with E-state index >= 15 is 0 Å². The second-order valence-electron chi connectivity index (χ2n) is 8.51. The van der Waals surface area contributed by atoms with Gasteiger partial charge in [0.1, 0.15) is 24.2 Å². The number of halogens is 1. The number of ether oxygens (including phenoxy) is 4. The Morgan fingerprint density at radius 1 is 0.771 bits per heavy atom. The number of benzene rings is 4. The minimum atomic E-state index is -0.149. The van der Waals surface area contributed by atoms with Crippen LogP contribution in [0.5, 0.6) is 23.0 Å². The van der Waals surface area contributed by atoms with Crippen molar-refractivity contribution in [1.29, 1.82) is 0 Å². The van der Waals surface area contributed by atoms with Crippen LogP contribution in [0.15, 0.2) is 95.5 Å². The van der Waals surface area contributed by atoms with Crippen LogP contribution in [0.2, 0.25) is 0 Å².